The second kappa shape index (κ2) is 19.3. The maximum absolute atomic E-state index is 11.8. The van der Waals surface area contributed by atoms with Gasteiger partial charge in [0.05, 0.1) is 5.92 Å². The van der Waals surface area contributed by atoms with Gasteiger partial charge < -0.3 is 10.2 Å². The third kappa shape index (κ3) is 15.9. The average Bonchev–Trinajstić information content (AvgIpc) is 2.65. The molecule has 2 atom stereocenters. The monoisotopic (exact) mass is 398 g/mol. The summed E-state index contributed by atoms with van der Waals surface area (Å²) in [5.74, 6) is -1.74. The van der Waals surface area contributed by atoms with Gasteiger partial charge in [0.15, 0.2) is 0 Å². The topological polar surface area (TPSA) is 74.6 Å². The maximum Gasteiger partial charge on any atom is 0.306 e. The highest BCUT2D eigenvalue weighted by atomic mass is 16.4. The summed E-state index contributed by atoms with van der Waals surface area (Å²) in [6, 6.07) is 0. The van der Waals surface area contributed by atoms with E-state index in [1.54, 1.807) is 0 Å². The molecule has 0 aromatic heterocycles. The number of hydrogen-bond donors (Lipinski definition) is 2. The fourth-order valence-electron chi connectivity index (χ4n) is 4.13. The molecule has 0 bridgehead atoms. The molecular formula is C24H46O4. The third-order valence-electron chi connectivity index (χ3n) is 5.90. The van der Waals surface area contributed by atoms with Crippen LogP contribution in [0.3, 0.4) is 0 Å². The van der Waals surface area contributed by atoms with Crippen molar-refractivity contribution in [1.82, 2.24) is 0 Å². The van der Waals surface area contributed by atoms with Crippen LogP contribution in [0.15, 0.2) is 0 Å². The molecule has 0 aromatic rings. The molecule has 166 valence electrons. The molecule has 0 amide bonds. The molecule has 0 saturated carbocycles. The van der Waals surface area contributed by atoms with Gasteiger partial charge >= 0.3 is 11.9 Å². The van der Waals surface area contributed by atoms with E-state index in [9.17, 15) is 14.7 Å². The van der Waals surface area contributed by atoms with Crippen molar-refractivity contribution in [2.75, 3.05) is 0 Å². The standard InChI is InChI=1S/C24H46O4/c1-3-5-7-9-10-11-13-15-18-21(17-14-12-8-6-4-2)22(24(27)28)19-16-20-23(25)26/h21-22H,3-20H2,1-2H3,(H,25,26)(H,27,28). The van der Waals surface area contributed by atoms with Crippen LogP contribution in [-0.2, 0) is 9.59 Å². The molecule has 0 spiro atoms. The van der Waals surface area contributed by atoms with Gasteiger partial charge in [-0.15, -0.1) is 0 Å². The van der Waals surface area contributed by atoms with Gasteiger partial charge in [0.1, 0.15) is 0 Å². The van der Waals surface area contributed by atoms with E-state index in [2.05, 4.69) is 13.8 Å². The van der Waals surface area contributed by atoms with Crippen LogP contribution in [0, 0.1) is 11.8 Å². The molecule has 0 fully saturated rings. The smallest absolute Gasteiger partial charge is 0.306 e. The molecule has 4 nitrogen and oxygen atoms in total. The van der Waals surface area contributed by atoms with Crippen molar-refractivity contribution in [3.63, 3.8) is 0 Å². The molecule has 28 heavy (non-hydrogen) atoms. The predicted octanol–water partition coefficient (Wildman–Crippen LogP) is 7.45. The molecule has 0 aromatic carbocycles. The Morgan fingerprint density at radius 3 is 1.43 bits per heavy atom. The Balaban J connectivity index is 4.39. The zero-order valence-electron chi connectivity index (χ0n) is 18.6. The first-order chi connectivity index (χ1) is 13.5. The number of carboxylic acid groups (broad SMARTS) is 2. The Labute approximate surface area is 173 Å². The van der Waals surface area contributed by atoms with Gasteiger partial charge in [0, 0.05) is 6.42 Å². The molecule has 0 aliphatic rings. The summed E-state index contributed by atoms with van der Waals surface area (Å²) in [5.41, 5.74) is 0. The Bertz CT molecular complexity index is 381. The highest BCUT2D eigenvalue weighted by Gasteiger charge is 2.27. The first kappa shape index (κ1) is 26.9. The molecular weight excluding hydrogens is 352 g/mol. The molecule has 0 aliphatic heterocycles. The lowest BCUT2D eigenvalue weighted by Crippen LogP contribution is -2.24. The van der Waals surface area contributed by atoms with Crippen LogP contribution >= 0.6 is 0 Å². The van der Waals surface area contributed by atoms with Crippen LogP contribution in [0.2, 0.25) is 0 Å². The summed E-state index contributed by atoms with van der Waals surface area (Å²) < 4.78 is 0. The van der Waals surface area contributed by atoms with Crippen LogP contribution in [0.1, 0.15) is 129 Å². The van der Waals surface area contributed by atoms with E-state index in [0.717, 1.165) is 25.7 Å². The van der Waals surface area contributed by atoms with E-state index in [1.165, 1.54) is 70.6 Å². The molecule has 2 unspecified atom stereocenters. The summed E-state index contributed by atoms with van der Waals surface area (Å²) >= 11 is 0. The minimum absolute atomic E-state index is 0.0742. The van der Waals surface area contributed by atoms with E-state index >= 15 is 0 Å². The second-order valence-corrected chi connectivity index (χ2v) is 8.46. The van der Waals surface area contributed by atoms with Crippen molar-refractivity contribution in [2.24, 2.45) is 11.8 Å². The number of aliphatic carboxylic acids is 2. The van der Waals surface area contributed by atoms with Crippen LogP contribution in [0.25, 0.3) is 0 Å². The van der Waals surface area contributed by atoms with E-state index in [1.807, 2.05) is 0 Å². The van der Waals surface area contributed by atoms with Gasteiger partial charge in [-0.2, -0.15) is 0 Å². The van der Waals surface area contributed by atoms with Gasteiger partial charge in [0.2, 0.25) is 0 Å². The zero-order valence-corrected chi connectivity index (χ0v) is 18.6. The van der Waals surface area contributed by atoms with Crippen molar-refractivity contribution >= 4 is 11.9 Å². The Kier molecular flexibility index (Phi) is 18.5. The fraction of sp³-hybridized carbons (Fsp3) is 0.917. The zero-order chi connectivity index (χ0) is 21.0. The van der Waals surface area contributed by atoms with Crippen LogP contribution < -0.4 is 0 Å². The van der Waals surface area contributed by atoms with Crippen LogP contribution in [-0.4, -0.2) is 22.2 Å². The predicted molar refractivity (Wildman–Crippen MR) is 117 cm³/mol. The van der Waals surface area contributed by atoms with Crippen LogP contribution in [0.4, 0.5) is 0 Å². The fourth-order valence-corrected chi connectivity index (χ4v) is 4.13. The first-order valence-electron chi connectivity index (χ1n) is 12.0. The molecule has 0 rings (SSSR count). The number of rotatable bonds is 21. The summed E-state index contributed by atoms with van der Waals surface area (Å²) in [6.45, 7) is 4.44. The molecule has 2 N–H and O–H groups in total. The Hall–Kier alpha value is -1.06. The Morgan fingerprint density at radius 2 is 1.04 bits per heavy atom. The van der Waals surface area contributed by atoms with Crippen molar-refractivity contribution in [2.45, 2.75) is 129 Å². The van der Waals surface area contributed by atoms with Gasteiger partial charge in [0.25, 0.3) is 0 Å². The summed E-state index contributed by atoms with van der Waals surface area (Å²) in [7, 11) is 0. The third-order valence-corrected chi connectivity index (χ3v) is 5.90. The maximum atomic E-state index is 11.8. The molecule has 0 saturated heterocycles. The second-order valence-electron chi connectivity index (χ2n) is 8.46. The van der Waals surface area contributed by atoms with Gasteiger partial charge in [-0.1, -0.05) is 97.3 Å². The lowest BCUT2D eigenvalue weighted by atomic mass is 9.80. The molecule has 0 aliphatic carbocycles. The largest absolute Gasteiger partial charge is 0.481 e. The summed E-state index contributed by atoms with van der Waals surface area (Å²) in [6.07, 6.45) is 19.1. The lowest BCUT2D eigenvalue weighted by Gasteiger charge is -2.24. The highest BCUT2D eigenvalue weighted by Crippen LogP contribution is 2.30. The molecule has 4 heteroatoms. The summed E-state index contributed by atoms with van der Waals surface area (Å²) in [5, 5.41) is 18.6. The number of carbonyl (C=O) groups is 2. The average molecular weight is 399 g/mol. The number of carboxylic acids is 2. The van der Waals surface area contributed by atoms with Crippen LogP contribution in [0.5, 0.6) is 0 Å². The lowest BCUT2D eigenvalue weighted by molar-refractivity contribution is -0.145. The first-order valence-corrected chi connectivity index (χ1v) is 12.0. The summed E-state index contributed by atoms with van der Waals surface area (Å²) in [4.78, 5) is 22.6. The van der Waals surface area contributed by atoms with Gasteiger partial charge in [-0.25, -0.2) is 0 Å². The quantitative estimate of drug-likeness (QED) is 0.197. The van der Waals surface area contributed by atoms with Crippen molar-refractivity contribution < 1.29 is 19.8 Å². The van der Waals surface area contributed by atoms with E-state index in [-0.39, 0.29) is 18.3 Å². The SMILES string of the molecule is CCCCCCCCCCC(CCCCCCC)C(CCCC(=O)O)C(=O)O. The normalized spacial score (nSPS) is 13.4. The van der Waals surface area contributed by atoms with E-state index in [0.29, 0.717) is 12.8 Å². The van der Waals surface area contributed by atoms with Crippen molar-refractivity contribution in [3.8, 4) is 0 Å². The van der Waals surface area contributed by atoms with E-state index < -0.39 is 11.9 Å². The number of unbranched alkanes of at least 4 members (excludes halogenated alkanes) is 11. The van der Waals surface area contributed by atoms with Gasteiger partial charge in [-0.05, 0) is 31.6 Å². The number of hydrogen-bond acceptors (Lipinski definition) is 2. The minimum atomic E-state index is -0.830. The van der Waals surface area contributed by atoms with Gasteiger partial charge in [-0.3, -0.25) is 9.59 Å². The van der Waals surface area contributed by atoms with E-state index in [4.69, 9.17) is 5.11 Å². The minimum Gasteiger partial charge on any atom is -0.481 e. The Morgan fingerprint density at radius 1 is 0.607 bits per heavy atom. The molecule has 0 radical (unpaired) electrons. The van der Waals surface area contributed by atoms with Crippen molar-refractivity contribution in [3.05, 3.63) is 0 Å². The van der Waals surface area contributed by atoms with Crippen molar-refractivity contribution in [1.29, 1.82) is 0 Å². The highest BCUT2D eigenvalue weighted by molar-refractivity contribution is 5.70. The molecule has 0 heterocycles.